The van der Waals surface area contributed by atoms with Crippen LogP contribution >= 0.6 is 0 Å². The van der Waals surface area contributed by atoms with Crippen LogP contribution < -0.4 is 0 Å². The number of halogens is 1. The average molecular weight is 225 g/mol. The van der Waals surface area contributed by atoms with Crippen LogP contribution in [0.15, 0.2) is 18.2 Å². The van der Waals surface area contributed by atoms with Gasteiger partial charge in [0.1, 0.15) is 5.82 Å². The molecule has 0 aliphatic rings. The average Bonchev–Trinajstić information content (AvgIpc) is 2.20. The zero-order valence-corrected chi connectivity index (χ0v) is 10.6. The van der Waals surface area contributed by atoms with Crippen LogP contribution in [0.4, 0.5) is 4.39 Å². The van der Waals surface area contributed by atoms with E-state index in [4.69, 9.17) is 0 Å². The summed E-state index contributed by atoms with van der Waals surface area (Å²) < 4.78 is 13.6. The Hall–Kier alpha value is -0.930. The SMILES string of the molecule is Cc1ccc(F)c(C(O)C(C)(C)N(C)C)c1. The molecule has 0 radical (unpaired) electrons. The molecular weight excluding hydrogens is 205 g/mol. The van der Waals surface area contributed by atoms with Gasteiger partial charge in [-0.15, -0.1) is 0 Å². The standard InChI is InChI=1S/C13H20FNO/c1-9-6-7-11(14)10(8-9)12(16)13(2,3)15(4)5/h6-8,12,16H,1-5H3. The Bertz CT molecular complexity index is 374. The van der Waals surface area contributed by atoms with Gasteiger partial charge in [-0.05, 0) is 40.9 Å². The minimum absolute atomic E-state index is 0.354. The van der Waals surface area contributed by atoms with E-state index >= 15 is 0 Å². The van der Waals surface area contributed by atoms with Crippen LogP contribution in [0.25, 0.3) is 0 Å². The van der Waals surface area contributed by atoms with Crippen LogP contribution in [0, 0.1) is 12.7 Å². The topological polar surface area (TPSA) is 23.5 Å². The Balaban J connectivity index is 3.14. The second-order valence-corrected chi connectivity index (χ2v) is 4.98. The van der Waals surface area contributed by atoms with Crippen molar-refractivity contribution >= 4 is 0 Å². The van der Waals surface area contributed by atoms with Gasteiger partial charge in [0, 0.05) is 11.1 Å². The van der Waals surface area contributed by atoms with Crippen molar-refractivity contribution in [3.05, 3.63) is 35.1 Å². The number of benzene rings is 1. The third-order valence-corrected chi connectivity index (χ3v) is 3.27. The molecule has 0 spiro atoms. The highest BCUT2D eigenvalue weighted by molar-refractivity contribution is 5.27. The van der Waals surface area contributed by atoms with E-state index in [1.54, 1.807) is 12.1 Å². The minimum Gasteiger partial charge on any atom is -0.386 e. The summed E-state index contributed by atoms with van der Waals surface area (Å²) in [7, 11) is 3.74. The summed E-state index contributed by atoms with van der Waals surface area (Å²) in [6.45, 7) is 5.66. The van der Waals surface area contributed by atoms with E-state index in [-0.39, 0.29) is 5.82 Å². The highest BCUT2D eigenvalue weighted by Crippen LogP contribution is 2.31. The van der Waals surface area contributed by atoms with Crippen LogP contribution in [-0.4, -0.2) is 29.6 Å². The molecule has 0 bridgehead atoms. The van der Waals surface area contributed by atoms with E-state index in [1.165, 1.54) is 6.07 Å². The molecule has 0 aliphatic heterocycles. The number of likely N-dealkylation sites (N-methyl/N-ethyl adjacent to an activating group) is 1. The van der Waals surface area contributed by atoms with Crippen molar-refractivity contribution in [1.29, 1.82) is 0 Å². The van der Waals surface area contributed by atoms with Crippen molar-refractivity contribution in [2.75, 3.05) is 14.1 Å². The first-order valence-electron chi connectivity index (χ1n) is 5.38. The number of aryl methyl sites for hydroxylation is 1. The monoisotopic (exact) mass is 225 g/mol. The summed E-state index contributed by atoms with van der Waals surface area (Å²) in [5.41, 5.74) is 0.804. The number of aliphatic hydroxyl groups is 1. The van der Waals surface area contributed by atoms with Crippen LogP contribution in [0.5, 0.6) is 0 Å². The fourth-order valence-corrected chi connectivity index (χ4v) is 1.50. The van der Waals surface area contributed by atoms with E-state index in [2.05, 4.69) is 0 Å². The molecule has 0 amide bonds. The molecule has 1 aromatic carbocycles. The normalized spacial score (nSPS) is 14.2. The van der Waals surface area contributed by atoms with E-state index in [9.17, 15) is 9.50 Å². The Kier molecular flexibility index (Phi) is 3.71. The lowest BCUT2D eigenvalue weighted by atomic mass is 9.89. The molecule has 1 atom stereocenters. The quantitative estimate of drug-likeness (QED) is 0.854. The molecule has 0 saturated heterocycles. The Morgan fingerprint density at radius 2 is 1.88 bits per heavy atom. The predicted octanol–water partition coefficient (Wildman–Crippen LogP) is 2.51. The lowest BCUT2D eigenvalue weighted by Gasteiger charge is -2.37. The summed E-state index contributed by atoms with van der Waals surface area (Å²) in [5.74, 6) is -0.354. The van der Waals surface area contributed by atoms with Crippen molar-refractivity contribution in [3.8, 4) is 0 Å². The fraction of sp³-hybridized carbons (Fsp3) is 0.538. The maximum absolute atomic E-state index is 13.6. The number of nitrogens with zero attached hydrogens (tertiary/aromatic N) is 1. The fourth-order valence-electron chi connectivity index (χ4n) is 1.50. The number of aliphatic hydroxyl groups excluding tert-OH is 1. The summed E-state index contributed by atoms with van der Waals surface area (Å²) >= 11 is 0. The van der Waals surface area contributed by atoms with Crippen molar-refractivity contribution in [3.63, 3.8) is 0 Å². The van der Waals surface area contributed by atoms with Gasteiger partial charge in [0.2, 0.25) is 0 Å². The molecule has 16 heavy (non-hydrogen) atoms. The van der Waals surface area contributed by atoms with Crippen LogP contribution in [0.1, 0.15) is 31.1 Å². The highest BCUT2D eigenvalue weighted by atomic mass is 19.1. The third kappa shape index (κ3) is 2.42. The van der Waals surface area contributed by atoms with Crippen molar-refractivity contribution in [1.82, 2.24) is 4.90 Å². The van der Waals surface area contributed by atoms with Gasteiger partial charge in [-0.2, -0.15) is 0 Å². The molecule has 3 heteroatoms. The molecule has 1 rings (SSSR count). The molecule has 0 heterocycles. The maximum atomic E-state index is 13.6. The van der Waals surface area contributed by atoms with Gasteiger partial charge in [0.25, 0.3) is 0 Å². The van der Waals surface area contributed by atoms with Gasteiger partial charge < -0.3 is 10.0 Å². The molecule has 1 aromatic rings. The molecule has 1 N–H and O–H groups in total. The summed E-state index contributed by atoms with van der Waals surface area (Å²) in [6.07, 6.45) is -0.845. The number of rotatable bonds is 3. The van der Waals surface area contributed by atoms with E-state index < -0.39 is 11.6 Å². The zero-order chi connectivity index (χ0) is 12.5. The number of hydrogen-bond donors (Lipinski definition) is 1. The van der Waals surface area contributed by atoms with Gasteiger partial charge >= 0.3 is 0 Å². The van der Waals surface area contributed by atoms with Gasteiger partial charge in [0.05, 0.1) is 6.10 Å². The van der Waals surface area contributed by atoms with Crippen molar-refractivity contribution < 1.29 is 9.50 Å². The van der Waals surface area contributed by atoms with E-state index in [1.807, 2.05) is 39.8 Å². The molecule has 0 fully saturated rings. The Labute approximate surface area is 96.7 Å². The van der Waals surface area contributed by atoms with Crippen molar-refractivity contribution in [2.45, 2.75) is 32.4 Å². The molecular formula is C13H20FNO. The lowest BCUT2D eigenvalue weighted by molar-refractivity contribution is 0.0141. The van der Waals surface area contributed by atoms with E-state index in [0.29, 0.717) is 5.56 Å². The molecule has 1 unspecified atom stereocenters. The van der Waals surface area contributed by atoms with Gasteiger partial charge in [-0.25, -0.2) is 4.39 Å². The van der Waals surface area contributed by atoms with Crippen LogP contribution in [0.3, 0.4) is 0 Å². The van der Waals surface area contributed by atoms with Gasteiger partial charge in [-0.3, -0.25) is 0 Å². The second-order valence-electron chi connectivity index (χ2n) is 4.98. The number of hydrogen-bond acceptors (Lipinski definition) is 2. The first-order chi connectivity index (χ1) is 7.26. The summed E-state index contributed by atoms with van der Waals surface area (Å²) in [5, 5.41) is 10.2. The van der Waals surface area contributed by atoms with Gasteiger partial charge in [0.15, 0.2) is 0 Å². The maximum Gasteiger partial charge on any atom is 0.129 e. The largest absolute Gasteiger partial charge is 0.386 e. The highest BCUT2D eigenvalue weighted by Gasteiger charge is 2.32. The smallest absolute Gasteiger partial charge is 0.129 e. The van der Waals surface area contributed by atoms with Crippen molar-refractivity contribution in [2.24, 2.45) is 0 Å². The second kappa shape index (κ2) is 4.52. The first kappa shape index (κ1) is 13.1. The molecule has 0 aliphatic carbocycles. The lowest BCUT2D eigenvalue weighted by Crippen LogP contribution is -2.44. The van der Waals surface area contributed by atoms with Crippen LogP contribution in [0.2, 0.25) is 0 Å². The zero-order valence-electron chi connectivity index (χ0n) is 10.6. The molecule has 0 aromatic heterocycles. The minimum atomic E-state index is -0.845. The van der Waals surface area contributed by atoms with Crippen LogP contribution in [-0.2, 0) is 0 Å². The Morgan fingerprint density at radius 1 is 1.31 bits per heavy atom. The summed E-state index contributed by atoms with van der Waals surface area (Å²) in [6, 6.07) is 4.80. The molecule has 2 nitrogen and oxygen atoms in total. The first-order valence-corrected chi connectivity index (χ1v) is 5.38. The molecule has 90 valence electrons. The summed E-state index contributed by atoms with van der Waals surface area (Å²) in [4.78, 5) is 1.89. The van der Waals surface area contributed by atoms with E-state index in [0.717, 1.165) is 5.56 Å². The molecule has 0 saturated carbocycles. The van der Waals surface area contributed by atoms with Gasteiger partial charge in [-0.1, -0.05) is 17.7 Å². The predicted molar refractivity (Wildman–Crippen MR) is 63.9 cm³/mol. The third-order valence-electron chi connectivity index (χ3n) is 3.27. The Morgan fingerprint density at radius 3 is 2.38 bits per heavy atom.